The van der Waals surface area contributed by atoms with Gasteiger partial charge in [0, 0.05) is 42.0 Å². The highest BCUT2D eigenvalue weighted by Gasteiger charge is 2.30. The second kappa shape index (κ2) is 8.09. The summed E-state index contributed by atoms with van der Waals surface area (Å²) in [6, 6.07) is 6.98. The van der Waals surface area contributed by atoms with Crippen LogP contribution in [0.4, 0.5) is 4.79 Å². The van der Waals surface area contributed by atoms with E-state index in [1.807, 2.05) is 6.07 Å². The van der Waals surface area contributed by atoms with Crippen LogP contribution in [0.25, 0.3) is 11.1 Å². The SMILES string of the molecule is C=CPC(=O)OCC(=O)c1cc2c3c(c1)OCc1cc(C(=O)CBr)cc(c1-3)OC2. The largest absolute Gasteiger partial charge is 0.488 e. The van der Waals surface area contributed by atoms with Gasteiger partial charge >= 0.3 is 5.71 Å². The molecule has 0 aromatic heterocycles. The van der Waals surface area contributed by atoms with E-state index in [2.05, 4.69) is 22.5 Å². The van der Waals surface area contributed by atoms with E-state index in [1.165, 1.54) is 5.82 Å². The third-order valence-corrected chi connectivity index (χ3v) is 5.80. The summed E-state index contributed by atoms with van der Waals surface area (Å²) >= 11 is 3.19. The number of rotatable bonds is 7. The number of carbonyl (C=O) groups is 3. The van der Waals surface area contributed by atoms with Crippen LogP contribution in [0.5, 0.6) is 11.5 Å². The van der Waals surface area contributed by atoms with Crippen molar-refractivity contribution in [2.45, 2.75) is 13.2 Å². The predicted molar refractivity (Wildman–Crippen MR) is 113 cm³/mol. The number of Topliss-reactive ketones (excluding diaryl/α,β-unsaturated/α-hetero) is 2. The van der Waals surface area contributed by atoms with Gasteiger partial charge in [0.1, 0.15) is 24.7 Å². The molecule has 4 rings (SSSR count). The first-order valence-corrected chi connectivity index (χ1v) is 11.0. The maximum absolute atomic E-state index is 12.5. The Bertz CT molecular complexity index is 1010. The van der Waals surface area contributed by atoms with E-state index in [9.17, 15) is 14.4 Å². The number of ketones is 2. The third kappa shape index (κ3) is 3.72. The minimum atomic E-state index is -0.473. The van der Waals surface area contributed by atoms with Crippen molar-refractivity contribution in [1.29, 1.82) is 0 Å². The lowest BCUT2D eigenvalue weighted by Crippen LogP contribution is -2.18. The van der Waals surface area contributed by atoms with Crippen molar-refractivity contribution in [3.05, 3.63) is 58.9 Å². The smallest absolute Gasteiger partial charge is 0.327 e. The third-order valence-electron chi connectivity index (χ3n) is 4.70. The normalized spacial score (nSPS) is 13.3. The summed E-state index contributed by atoms with van der Waals surface area (Å²) in [5.74, 6) is 2.33. The highest BCUT2D eigenvalue weighted by molar-refractivity contribution is 9.09. The highest BCUT2D eigenvalue weighted by atomic mass is 79.9. The summed E-state index contributed by atoms with van der Waals surface area (Å²) in [7, 11) is -0.188. The van der Waals surface area contributed by atoms with Crippen LogP contribution < -0.4 is 9.47 Å². The van der Waals surface area contributed by atoms with Crippen molar-refractivity contribution < 1.29 is 28.6 Å². The number of hydrogen-bond donors (Lipinski definition) is 0. The molecule has 0 bridgehead atoms. The van der Waals surface area contributed by atoms with E-state index in [0.717, 1.165) is 22.3 Å². The zero-order chi connectivity index (χ0) is 20.5. The van der Waals surface area contributed by atoms with Crippen LogP contribution in [0.2, 0.25) is 0 Å². The number of carbonyl (C=O) groups excluding carboxylic acids is 3. The zero-order valence-corrected chi connectivity index (χ0v) is 17.8. The van der Waals surface area contributed by atoms with Gasteiger partial charge in [0.2, 0.25) is 0 Å². The lowest BCUT2D eigenvalue weighted by Gasteiger charge is -2.30. The molecule has 2 aliphatic heterocycles. The Hall–Kier alpha value is -2.50. The van der Waals surface area contributed by atoms with Gasteiger partial charge in [-0.05, 0) is 24.3 Å². The van der Waals surface area contributed by atoms with Crippen molar-refractivity contribution in [2.75, 3.05) is 11.9 Å². The quantitative estimate of drug-likeness (QED) is 0.324. The van der Waals surface area contributed by atoms with Crippen molar-refractivity contribution in [3.8, 4) is 22.6 Å². The molecule has 0 fully saturated rings. The summed E-state index contributed by atoms with van der Waals surface area (Å²) in [5, 5.41) is 0.233. The van der Waals surface area contributed by atoms with Crippen LogP contribution in [-0.2, 0) is 18.0 Å². The fourth-order valence-electron chi connectivity index (χ4n) is 3.42. The summed E-state index contributed by atoms with van der Waals surface area (Å²) in [5.41, 5.74) is 3.97. The topological polar surface area (TPSA) is 78.9 Å². The Kier molecular flexibility index (Phi) is 5.52. The van der Waals surface area contributed by atoms with Gasteiger partial charge in [0.15, 0.2) is 18.2 Å². The Labute approximate surface area is 177 Å². The van der Waals surface area contributed by atoms with Crippen molar-refractivity contribution in [3.63, 3.8) is 0 Å². The van der Waals surface area contributed by atoms with E-state index in [0.29, 0.717) is 22.6 Å². The molecule has 0 N–H and O–H groups in total. The van der Waals surface area contributed by atoms with Crippen molar-refractivity contribution in [1.82, 2.24) is 0 Å². The molecule has 29 heavy (non-hydrogen) atoms. The summed E-state index contributed by atoms with van der Waals surface area (Å²) in [4.78, 5) is 36.0. The maximum atomic E-state index is 12.5. The van der Waals surface area contributed by atoms with Crippen LogP contribution in [0.3, 0.4) is 0 Å². The molecular formula is C21H16BrO6P. The van der Waals surface area contributed by atoms with Gasteiger partial charge in [-0.2, -0.15) is 0 Å². The van der Waals surface area contributed by atoms with Crippen LogP contribution in [0.15, 0.2) is 36.7 Å². The molecule has 0 aliphatic carbocycles. The minimum Gasteiger partial charge on any atom is -0.488 e. The van der Waals surface area contributed by atoms with E-state index in [4.69, 9.17) is 14.2 Å². The van der Waals surface area contributed by atoms with E-state index in [-0.39, 0.29) is 45.3 Å². The molecule has 1 unspecified atom stereocenters. The molecule has 0 radical (unpaired) electrons. The minimum absolute atomic E-state index is 0.0307. The van der Waals surface area contributed by atoms with Crippen LogP contribution in [0.1, 0.15) is 31.8 Å². The average molecular weight is 475 g/mol. The molecule has 6 nitrogen and oxygen atoms in total. The van der Waals surface area contributed by atoms with Gasteiger partial charge < -0.3 is 14.2 Å². The second-order valence-corrected chi connectivity index (χ2v) is 8.16. The number of benzene rings is 2. The number of halogens is 1. The molecule has 2 heterocycles. The fourth-order valence-corrected chi connectivity index (χ4v) is 4.06. The van der Waals surface area contributed by atoms with Crippen molar-refractivity contribution in [2.24, 2.45) is 0 Å². The molecule has 2 aliphatic rings. The second-order valence-electron chi connectivity index (χ2n) is 6.50. The standard InChI is InChI=1S/C21H16BrO6P/c1-2-29-21(25)28-10-16(24)12-4-14-9-26-17-5-11(15(23)7-22)3-13-8-27-18(6-12)20(14)19(13)17/h2-6,29H,1,7-10H2. The molecule has 2 aromatic rings. The Morgan fingerprint density at radius 2 is 1.55 bits per heavy atom. The number of hydrogen-bond acceptors (Lipinski definition) is 6. The molecule has 2 aromatic carbocycles. The molecule has 8 heteroatoms. The van der Waals surface area contributed by atoms with E-state index >= 15 is 0 Å². The zero-order valence-electron chi connectivity index (χ0n) is 15.2. The molecule has 0 saturated carbocycles. The van der Waals surface area contributed by atoms with Gasteiger partial charge in [0.05, 0.1) is 5.33 Å². The number of ether oxygens (including phenoxy) is 3. The van der Waals surface area contributed by atoms with Crippen LogP contribution >= 0.6 is 24.5 Å². The van der Waals surface area contributed by atoms with E-state index in [1.54, 1.807) is 18.2 Å². The van der Waals surface area contributed by atoms with Crippen LogP contribution in [-0.4, -0.2) is 29.2 Å². The fraction of sp³-hybridized carbons (Fsp3) is 0.190. The lowest BCUT2D eigenvalue weighted by atomic mass is 9.87. The monoisotopic (exact) mass is 474 g/mol. The van der Waals surface area contributed by atoms with Gasteiger partial charge in [-0.3, -0.25) is 9.59 Å². The first-order chi connectivity index (χ1) is 14.0. The molecule has 148 valence electrons. The predicted octanol–water partition coefficient (Wildman–Crippen LogP) is 4.86. The van der Waals surface area contributed by atoms with Gasteiger partial charge in [-0.1, -0.05) is 28.3 Å². The summed E-state index contributed by atoms with van der Waals surface area (Å²) in [6.07, 6.45) is 0. The van der Waals surface area contributed by atoms with Crippen molar-refractivity contribution >= 4 is 41.8 Å². The Morgan fingerprint density at radius 1 is 1.00 bits per heavy atom. The Morgan fingerprint density at radius 3 is 2.07 bits per heavy atom. The van der Waals surface area contributed by atoms with Gasteiger partial charge in [-0.25, -0.2) is 4.79 Å². The molecule has 0 spiro atoms. The molecule has 0 amide bonds. The van der Waals surface area contributed by atoms with E-state index < -0.39 is 5.71 Å². The summed E-state index contributed by atoms with van der Waals surface area (Å²) < 4.78 is 16.8. The maximum Gasteiger partial charge on any atom is 0.327 e. The summed E-state index contributed by atoms with van der Waals surface area (Å²) in [6.45, 7) is 3.67. The first-order valence-electron chi connectivity index (χ1n) is 8.78. The van der Waals surface area contributed by atoms with Gasteiger partial charge in [0.25, 0.3) is 0 Å². The lowest BCUT2D eigenvalue weighted by molar-refractivity contribution is 0.0876. The number of alkyl halides is 1. The Balaban J connectivity index is 1.68. The van der Waals surface area contributed by atoms with Crippen LogP contribution in [0, 0.1) is 0 Å². The average Bonchev–Trinajstić information content (AvgIpc) is 2.74. The molecule has 1 atom stereocenters. The van der Waals surface area contributed by atoms with Gasteiger partial charge in [-0.15, -0.1) is 0 Å². The highest BCUT2D eigenvalue weighted by Crippen LogP contribution is 2.49. The molecule has 0 saturated heterocycles. The molecular weight excluding hydrogens is 459 g/mol. The first kappa shape index (κ1) is 19.8.